The van der Waals surface area contributed by atoms with E-state index in [2.05, 4.69) is 11.4 Å². The molecular formula is C16H25ClN2O3. The van der Waals surface area contributed by atoms with E-state index < -0.39 is 0 Å². The molecule has 1 saturated heterocycles. The Kier molecular flexibility index (Phi) is 8.24. The highest BCUT2D eigenvalue weighted by Crippen LogP contribution is 2.33. The fourth-order valence-electron chi connectivity index (χ4n) is 2.73. The number of likely N-dealkylation sites (tertiary alicyclic amines) is 1. The minimum atomic E-state index is 0. The third-order valence-corrected chi connectivity index (χ3v) is 3.81. The van der Waals surface area contributed by atoms with Crippen LogP contribution < -0.4 is 10.1 Å². The number of hydrogen-bond acceptors (Lipinski definition) is 4. The zero-order valence-corrected chi connectivity index (χ0v) is 14.0. The molecule has 1 N–H and O–H groups in total. The highest BCUT2D eigenvalue weighted by molar-refractivity contribution is 5.85. The van der Waals surface area contributed by atoms with Crippen molar-refractivity contribution in [2.75, 3.05) is 40.5 Å². The quantitative estimate of drug-likeness (QED) is 0.778. The molecule has 1 heterocycles. The van der Waals surface area contributed by atoms with Gasteiger partial charge in [0.05, 0.1) is 26.3 Å². The third kappa shape index (κ3) is 4.87. The van der Waals surface area contributed by atoms with Crippen LogP contribution >= 0.6 is 12.4 Å². The summed E-state index contributed by atoms with van der Waals surface area (Å²) >= 11 is 0. The molecule has 0 bridgehead atoms. The molecular weight excluding hydrogens is 304 g/mol. The number of nitrogens with zero attached hydrogens (tertiary/aromatic N) is 1. The smallest absolute Gasteiger partial charge is 0.237 e. The van der Waals surface area contributed by atoms with Gasteiger partial charge in [-0.1, -0.05) is 12.1 Å². The van der Waals surface area contributed by atoms with Gasteiger partial charge >= 0.3 is 0 Å². The van der Waals surface area contributed by atoms with E-state index in [4.69, 9.17) is 9.47 Å². The number of amides is 1. The number of halogens is 1. The van der Waals surface area contributed by atoms with Crippen LogP contribution in [0, 0.1) is 0 Å². The molecule has 0 aliphatic carbocycles. The predicted octanol–water partition coefficient (Wildman–Crippen LogP) is 2.02. The first kappa shape index (κ1) is 18.7. The number of ether oxygens (including phenoxy) is 2. The summed E-state index contributed by atoms with van der Waals surface area (Å²) in [7, 11) is 3.32. The number of hydrogen-bond donors (Lipinski definition) is 1. The van der Waals surface area contributed by atoms with Gasteiger partial charge in [-0.2, -0.15) is 0 Å². The van der Waals surface area contributed by atoms with E-state index in [1.807, 2.05) is 23.1 Å². The fraction of sp³-hybridized carbons (Fsp3) is 0.562. The normalized spacial score (nSPS) is 17.2. The Balaban J connectivity index is 0.00000242. The predicted molar refractivity (Wildman–Crippen MR) is 88.7 cm³/mol. The van der Waals surface area contributed by atoms with Crippen LogP contribution in [0.4, 0.5) is 0 Å². The lowest BCUT2D eigenvalue weighted by molar-refractivity contribution is -0.131. The molecule has 1 atom stereocenters. The summed E-state index contributed by atoms with van der Waals surface area (Å²) in [6.07, 6.45) is 2.06. The van der Waals surface area contributed by atoms with Gasteiger partial charge in [0.15, 0.2) is 0 Å². The molecule has 1 aliphatic heterocycles. The molecule has 0 saturated carbocycles. The number of methoxy groups -OCH3 is 2. The van der Waals surface area contributed by atoms with Gasteiger partial charge in [0.1, 0.15) is 5.75 Å². The average Bonchev–Trinajstić information content (AvgIpc) is 3.01. The molecule has 6 heteroatoms. The monoisotopic (exact) mass is 328 g/mol. The maximum absolute atomic E-state index is 12.3. The molecule has 1 unspecified atom stereocenters. The molecule has 2 rings (SSSR count). The van der Waals surface area contributed by atoms with E-state index in [-0.39, 0.29) is 24.4 Å². The first-order valence-electron chi connectivity index (χ1n) is 7.39. The van der Waals surface area contributed by atoms with Crippen LogP contribution in [0.25, 0.3) is 0 Å². The van der Waals surface area contributed by atoms with Crippen molar-refractivity contribution >= 4 is 18.3 Å². The van der Waals surface area contributed by atoms with Gasteiger partial charge in [0.2, 0.25) is 5.91 Å². The van der Waals surface area contributed by atoms with Gasteiger partial charge in [0, 0.05) is 20.2 Å². The topological polar surface area (TPSA) is 50.8 Å². The molecule has 1 amide bonds. The summed E-state index contributed by atoms with van der Waals surface area (Å²) in [4.78, 5) is 14.3. The van der Waals surface area contributed by atoms with Crippen molar-refractivity contribution in [1.82, 2.24) is 10.2 Å². The number of benzene rings is 1. The second kappa shape index (κ2) is 9.66. The van der Waals surface area contributed by atoms with E-state index in [1.54, 1.807) is 14.2 Å². The Morgan fingerprint density at radius 3 is 2.95 bits per heavy atom. The van der Waals surface area contributed by atoms with Crippen LogP contribution in [0.1, 0.15) is 24.4 Å². The summed E-state index contributed by atoms with van der Waals surface area (Å²) in [5, 5.41) is 3.12. The summed E-state index contributed by atoms with van der Waals surface area (Å²) in [6, 6.07) is 8.16. The van der Waals surface area contributed by atoms with Gasteiger partial charge in [0.25, 0.3) is 0 Å². The first-order chi connectivity index (χ1) is 10.3. The number of carbonyl (C=O) groups is 1. The maximum atomic E-state index is 12.3. The SMILES string of the molecule is COCCNCC(=O)N1CCCC1c1cccc(OC)c1.Cl. The van der Waals surface area contributed by atoms with E-state index in [9.17, 15) is 4.79 Å². The van der Waals surface area contributed by atoms with Crippen molar-refractivity contribution in [3.8, 4) is 5.75 Å². The Morgan fingerprint density at radius 1 is 1.41 bits per heavy atom. The minimum absolute atomic E-state index is 0. The molecule has 0 aromatic heterocycles. The van der Waals surface area contributed by atoms with E-state index >= 15 is 0 Å². The van der Waals surface area contributed by atoms with Gasteiger partial charge in [-0.15, -0.1) is 12.4 Å². The maximum Gasteiger partial charge on any atom is 0.237 e. The van der Waals surface area contributed by atoms with Crippen LogP contribution in [0.15, 0.2) is 24.3 Å². The molecule has 0 spiro atoms. The van der Waals surface area contributed by atoms with Crippen LogP contribution in [0.3, 0.4) is 0 Å². The molecule has 1 aliphatic rings. The number of rotatable bonds is 7. The molecule has 1 aromatic carbocycles. The molecule has 5 nitrogen and oxygen atoms in total. The van der Waals surface area contributed by atoms with Crippen molar-refractivity contribution in [2.24, 2.45) is 0 Å². The third-order valence-electron chi connectivity index (χ3n) is 3.81. The van der Waals surface area contributed by atoms with Crippen molar-refractivity contribution in [2.45, 2.75) is 18.9 Å². The van der Waals surface area contributed by atoms with Crippen LogP contribution in [0.2, 0.25) is 0 Å². The zero-order valence-electron chi connectivity index (χ0n) is 13.2. The molecule has 22 heavy (non-hydrogen) atoms. The Morgan fingerprint density at radius 2 is 2.23 bits per heavy atom. The van der Waals surface area contributed by atoms with E-state index in [0.717, 1.165) is 30.7 Å². The van der Waals surface area contributed by atoms with Crippen molar-refractivity contribution in [3.05, 3.63) is 29.8 Å². The van der Waals surface area contributed by atoms with Crippen LogP contribution in [-0.2, 0) is 9.53 Å². The standard InChI is InChI=1S/C16H24N2O3.ClH/c1-20-10-8-17-12-16(19)18-9-4-7-15(18)13-5-3-6-14(11-13)21-2;/h3,5-6,11,15,17H,4,7-10,12H2,1-2H3;1H. The summed E-state index contributed by atoms with van der Waals surface area (Å²) in [6.45, 7) is 2.50. The summed E-state index contributed by atoms with van der Waals surface area (Å²) in [5.41, 5.74) is 1.15. The zero-order chi connectivity index (χ0) is 15.1. The molecule has 1 fully saturated rings. The van der Waals surface area contributed by atoms with Gasteiger partial charge in [-0.05, 0) is 30.5 Å². The number of carbonyl (C=O) groups excluding carboxylic acids is 1. The Labute approximate surface area is 138 Å². The highest BCUT2D eigenvalue weighted by atomic mass is 35.5. The summed E-state index contributed by atoms with van der Waals surface area (Å²) < 4.78 is 10.2. The lowest BCUT2D eigenvalue weighted by atomic mass is 10.0. The van der Waals surface area contributed by atoms with Crippen molar-refractivity contribution in [1.29, 1.82) is 0 Å². The molecule has 0 radical (unpaired) electrons. The van der Waals surface area contributed by atoms with Gasteiger partial charge in [-0.25, -0.2) is 0 Å². The first-order valence-corrected chi connectivity index (χ1v) is 7.39. The number of nitrogens with one attached hydrogen (secondary N) is 1. The van der Waals surface area contributed by atoms with Crippen LogP contribution in [-0.4, -0.2) is 51.3 Å². The highest BCUT2D eigenvalue weighted by Gasteiger charge is 2.29. The van der Waals surface area contributed by atoms with E-state index in [1.165, 1.54) is 0 Å². The van der Waals surface area contributed by atoms with E-state index in [0.29, 0.717) is 19.7 Å². The van der Waals surface area contributed by atoms with Gasteiger partial charge in [-0.3, -0.25) is 4.79 Å². The fourth-order valence-corrected chi connectivity index (χ4v) is 2.73. The minimum Gasteiger partial charge on any atom is -0.497 e. The van der Waals surface area contributed by atoms with Gasteiger partial charge < -0.3 is 19.7 Å². The second-order valence-electron chi connectivity index (χ2n) is 5.19. The molecule has 124 valence electrons. The second-order valence-corrected chi connectivity index (χ2v) is 5.19. The van der Waals surface area contributed by atoms with Crippen LogP contribution in [0.5, 0.6) is 5.75 Å². The molecule has 1 aromatic rings. The lowest BCUT2D eigenvalue weighted by Crippen LogP contribution is -2.38. The van der Waals surface area contributed by atoms with Crippen molar-refractivity contribution < 1.29 is 14.3 Å². The lowest BCUT2D eigenvalue weighted by Gasteiger charge is -2.25. The summed E-state index contributed by atoms with van der Waals surface area (Å²) in [5.74, 6) is 0.987. The average molecular weight is 329 g/mol. The van der Waals surface area contributed by atoms with Crippen molar-refractivity contribution in [3.63, 3.8) is 0 Å². The Hall–Kier alpha value is -1.30. The Bertz CT molecular complexity index is 470. The largest absolute Gasteiger partial charge is 0.497 e.